The Morgan fingerprint density at radius 3 is 2.75 bits per heavy atom. The van der Waals surface area contributed by atoms with Crippen LogP contribution < -0.4 is 5.73 Å². The van der Waals surface area contributed by atoms with Gasteiger partial charge in [-0.2, -0.15) is 11.8 Å². The minimum Gasteiger partial charge on any atom is -0.320 e. The Labute approximate surface area is 137 Å². The fraction of sp³-hybridized carbons (Fsp3) is 0.375. The highest BCUT2D eigenvalue weighted by Gasteiger charge is 2.19. The van der Waals surface area contributed by atoms with Gasteiger partial charge in [-0.15, -0.1) is 11.3 Å². The van der Waals surface area contributed by atoms with Gasteiger partial charge in [0.2, 0.25) is 0 Å². The molecule has 0 fully saturated rings. The second kappa shape index (κ2) is 5.84. The van der Waals surface area contributed by atoms with E-state index < -0.39 is 0 Å². The number of fused-ring (bicyclic) bond motifs is 1. The lowest BCUT2D eigenvalue weighted by atomic mass is 9.98. The zero-order valence-electron chi connectivity index (χ0n) is 11.7. The van der Waals surface area contributed by atoms with Crippen LogP contribution in [0.25, 0.3) is 0 Å². The van der Waals surface area contributed by atoms with Gasteiger partial charge in [-0.05, 0) is 60.4 Å². The first-order valence-electron chi connectivity index (χ1n) is 6.77. The maximum atomic E-state index is 6.54. The molecule has 4 heteroatoms. The van der Waals surface area contributed by atoms with Crippen molar-refractivity contribution in [1.29, 1.82) is 0 Å². The van der Waals surface area contributed by atoms with Crippen LogP contribution in [0.15, 0.2) is 22.7 Å². The molecule has 20 heavy (non-hydrogen) atoms. The highest BCUT2D eigenvalue weighted by atomic mass is 79.9. The maximum absolute atomic E-state index is 6.54. The fourth-order valence-corrected chi connectivity index (χ4v) is 5.47. The number of hydrogen-bond donors (Lipinski definition) is 1. The molecule has 0 aliphatic carbocycles. The summed E-state index contributed by atoms with van der Waals surface area (Å²) >= 11 is 7.52. The van der Waals surface area contributed by atoms with Gasteiger partial charge in [0, 0.05) is 20.0 Å². The van der Waals surface area contributed by atoms with Gasteiger partial charge in [-0.3, -0.25) is 0 Å². The third-order valence-corrected chi connectivity index (χ3v) is 7.02. The van der Waals surface area contributed by atoms with Crippen LogP contribution in [0.4, 0.5) is 0 Å². The van der Waals surface area contributed by atoms with Crippen molar-refractivity contribution in [3.05, 3.63) is 54.7 Å². The van der Waals surface area contributed by atoms with Crippen LogP contribution in [0.3, 0.4) is 0 Å². The summed E-state index contributed by atoms with van der Waals surface area (Å²) in [6.45, 7) is 4.26. The molecule has 1 aromatic heterocycles. The quantitative estimate of drug-likeness (QED) is 0.810. The molecular weight excluding hydrogens is 350 g/mol. The highest BCUT2D eigenvalue weighted by molar-refractivity contribution is 9.10. The van der Waals surface area contributed by atoms with Crippen molar-refractivity contribution in [2.45, 2.75) is 32.1 Å². The van der Waals surface area contributed by atoms with Gasteiger partial charge < -0.3 is 5.73 Å². The van der Waals surface area contributed by atoms with E-state index in [4.69, 9.17) is 5.73 Å². The zero-order valence-corrected chi connectivity index (χ0v) is 14.9. The van der Waals surface area contributed by atoms with Crippen LogP contribution >= 0.6 is 39.0 Å². The summed E-state index contributed by atoms with van der Waals surface area (Å²) in [6.07, 6.45) is 1.20. The van der Waals surface area contributed by atoms with E-state index in [1.165, 1.54) is 39.3 Å². The number of hydrogen-bond acceptors (Lipinski definition) is 3. The molecule has 1 aliphatic rings. The van der Waals surface area contributed by atoms with Gasteiger partial charge in [-0.1, -0.05) is 22.0 Å². The van der Waals surface area contributed by atoms with Crippen LogP contribution in [0.5, 0.6) is 0 Å². The van der Waals surface area contributed by atoms with Crippen molar-refractivity contribution in [2.24, 2.45) is 5.73 Å². The second-order valence-electron chi connectivity index (χ2n) is 5.34. The van der Waals surface area contributed by atoms with E-state index in [1.807, 2.05) is 23.1 Å². The number of benzene rings is 1. The predicted molar refractivity (Wildman–Crippen MR) is 93.8 cm³/mol. The van der Waals surface area contributed by atoms with Gasteiger partial charge in [0.15, 0.2) is 0 Å². The zero-order chi connectivity index (χ0) is 14.3. The smallest absolute Gasteiger partial charge is 0.0648 e. The molecule has 1 aromatic carbocycles. The summed E-state index contributed by atoms with van der Waals surface area (Å²) in [7, 11) is 0. The van der Waals surface area contributed by atoms with E-state index in [0.29, 0.717) is 0 Å². The lowest BCUT2D eigenvalue weighted by molar-refractivity contribution is 0.878. The van der Waals surface area contributed by atoms with E-state index in [2.05, 4.69) is 48.0 Å². The second-order valence-corrected chi connectivity index (χ2v) is 8.46. The topological polar surface area (TPSA) is 26.0 Å². The van der Waals surface area contributed by atoms with Crippen molar-refractivity contribution in [3.63, 3.8) is 0 Å². The first-order valence-corrected chi connectivity index (χ1v) is 9.54. The summed E-state index contributed by atoms with van der Waals surface area (Å²) in [5.41, 5.74) is 11.8. The summed E-state index contributed by atoms with van der Waals surface area (Å²) < 4.78 is 1.16. The number of aryl methyl sites for hydroxylation is 3. The predicted octanol–water partition coefficient (Wildman–Crippen LogP) is 4.96. The third kappa shape index (κ3) is 2.71. The molecule has 3 rings (SSSR count). The summed E-state index contributed by atoms with van der Waals surface area (Å²) in [5.74, 6) is 2.40. The van der Waals surface area contributed by atoms with E-state index in [1.54, 1.807) is 4.88 Å². The maximum Gasteiger partial charge on any atom is 0.0648 e. The molecule has 106 valence electrons. The molecule has 0 amide bonds. The van der Waals surface area contributed by atoms with Gasteiger partial charge in [0.05, 0.1) is 6.04 Å². The molecule has 0 saturated heterocycles. The minimum absolute atomic E-state index is 0.00222. The average Bonchev–Trinajstić information content (AvgIpc) is 2.86. The number of thiophene rings is 1. The van der Waals surface area contributed by atoms with Crippen molar-refractivity contribution in [1.82, 2.24) is 0 Å². The average molecular weight is 368 g/mol. The van der Waals surface area contributed by atoms with E-state index in [9.17, 15) is 0 Å². The number of nitrogens with two attached hydrogens (primary N) is 1. The Balaban J connectivity index is 1.98. The number of halogens is 1. The first kappa shape index (κ1) is 14.6. The van der Waals surface area contributed by atoms with E-state index >= 15 is 0 Å². The molecule has 2 aromatic rings. The molecule has 0 saturated carbocycles. The summed E-state index contributed by atoms with van der Waals surface area (Å²) in [4.78, 5) is 2.85. The highest BCUT2D eigenvalue weighted by Crippen LogP contribution is 2.37. The third-order valence-electron chi connectivity index (χ3n) is 3.84. The molecular formula is C16H18BrNS2. The molecule has 1 atom stereocenters. The summed E-state index contributed by atoms with van der Waals surface area (Å²) in [6, 6.07) is 6.72. The van der Waals surface area contributed by atoms with Crippen LogP contribution in [-0.2, 0) is 12.2 Å². The molecule has 2 N–H and O–H groups in total. The van der Waals surface area contributed by atoms with Gasteiger partial charge >= 0.3 is 0 Å². The van der Waals surface area contributed by atoms with Crippen molar-refractivity contribution in [2.75, 3.05) is 5.75 Å². The SMILES string of the molecule is Cc1cc(C(N)c2cc3c(s2)CCSC3)c(C)cc1Br. The molecule has 1 nitrogen and oxygen atoms in total. The Morgan fingerprint density at radius 1 is 1.20 bits per heavy atom. The molecule has 1 unspecified atom stereocenters. The van der Waals surface area contributed by atoms with Crippen LogP contribution in [0.2, 0.25) is 0 Å². The summed E-state index contributed by atoms with van der Waals surface area (Å²) in [5, 5.41) is 0. The Morgan fingerprint density at radius 2 is 2.00 bits per heavy atom. The Bertz CT molecular complexity index is 625. The van der Waals surface area contributed by atoms with Crippen molar-refractivity contribution < 1.29 is 0 Å². The van der Waals surface area contributed by atoms with Crippen LogP contribution in [-0.4, -0.2) is 5.75 Å². The van der Waals surface area contributed by atoms with Gasteiger partial charge in [0.1, 0.15) is 0 Å². The van der Waals surface area contributed by atoms with E-state index in [0.717, 1.165) is 10.2 Å². The lowest BCUT2D eigenvalue weighted by Gasteiger charge is -2.15. The van der Waals surface area contributed by atoms with Crippen molar-refractivity contribution >= 4 is 39.0 Å². The molecule has 0 radical (unpaired) electrons. The largest absolute Gasteiger partial charge is 0.320 e. The lowest BCUT2D eigenvalue weighted by Crippen LogP contribution is -2.12. The first-order chi connectivity index (χ1) is 9.56. The van der Waals surface area contributed by atoms with Gasteiger partial charge in [0.25, 0.3) is 0 Å². The Hall–Kier alpha value is -0.290. The van der Waals surface area contributed by atoms with E-state index in [-0.39, 0.29) is 6.04 Å². The minimum atomic E-state index is 0.00222. The normalized spacial score (nSPS) is 16.0. The molecule has 1 aliphatic heterocycles. The fourth-order valence-electron chi connectivity index (χ4n) is 2.62. The van der Waals surface area contributed by atoms with Crippen LogP contribution in [0.1, 0.15) is 38.0 Å². The van der Waals surface area contributed by atoms with Gasteiger partial charge in [-0.25, -0.2) is 0 Å². The number of thioether (sulfide) groups is 1. The Kier molecular flexibility index (Phi) is 4.27. The number of rotatable bonds is 2. The molecule has 2 heterocycles. The monoisotopic (exact) mass is 367 g/mol. The standard InChI is InChI=1S/C16H18BrNS2/c1-9-6-13(17)10(2)5-12(9)16(18)15-7-11-8-19-4-3-14(11)20-15/h5-7,16H,3-4,8,18H2,1-2H3. The van der Waals surface area contributed by atoms with Crippen molar-refractivity contribution in [3.8, 4) is 0 Å². The molecule has 0 spiro atoms. The van der Waals surface area contributed by atoms with Crippen LogP contribution in [0, 0.1) is 13.8 Å². The molecule has 0 bridgehead atoms.